The van der Waals surface area contributed by atoms with Crippen LogP contribution in [0, 0.1) is 5.82 Å². The van der Waals surface area contributed by atoms with Crippen molar-refractivity contribution in [1.29, 1.82) is 0 Å². The van der Waals surface area contributed by atoms with E-state index >= 15 is 0 Å². The third kappa shape index (κ3) is 5.15. The summed E-state index contributed by atoms with van der Waals surface area (Å²) in [7, 11) is 1.53. The number of rotatable bonds is 7. The molecule has 1 amide bonds. The molecule has 2 aliphatic rings. The smallest absolute Gasteiger partial charge is 0.263 e. The average Bonchev–Trinajstić information content (AvgIpc) is 2.88. The average molecular weight is 485 g/mol. The van der Waals surface area contributed by atoms with Crippen molar-refractivity contribution in [2.24, 2.45) is 0 Å². The summed E-state index contributed by atoms with van der Waals surface area (Å²) in [6, 6.07) is 5.01. The van der Waals surface area contributed by atoms with Gasteiger partial charge in [0.05, 0.1) is 50.0 Å². The summed E-state index contributed by atoms with van der Waals surface area (Å²) >= 11 is 0. The minimum absolute atomic E-state index is 0.0146. The van der Waals surface area contributed by atoms with Crippen molar-refractivity contribution in [3.05, 3.63) is 47.7 Å². The Morgan fingerprint density at radius 1 is 1.29 bits per heavy atom. The van der Waals surface area contributed by atoms with E-state index in [0.717, 1.165) is 6.20 Å². The number of fused-ring (bicyclic) bond motifs is 2. The Bertz CT molecular complexity index is 1240. The van der Waals surface area contributed by atoms with Crippen molar-refractivity contribution in [2.75, 3.05) is 32.2 Å². The summed E-state index contributed by atoms with van der Waals surface area (Å²) < 4.78 is 36.4. The molecule has 0 aliphatic carbocycles. The Balaban J connectivity index is 1.16. The molecule has 2 aliphatic heterocycles. The number of aromatic nitrogens is 3. The van der Waals surface area contributed by atoms with Gasteiger partial charge in [0.1, 0.15) is 17.7 Å². The highest BCUT2D eigenvalue weighted by Gasteiger charge is 2.29. The second kappa shape index (κ2) is 10.0. The number of hydrogen-bond donors (Lipinski definition) is 3. The van der Waals surface area contributed by atoms with Crippen LogP contribution in [0.25, 0.3) is 10.9 Å². The molecule has 11 nitrogen and oxygen atoms in total. The topological polar surface area (TPSA) is 137 Å². The van der Waals surface area contributed by atoms with Crippen molar-refractivity contribution in [3.8, 4) is 11.6 Å². The van der Waals surface area contributed by atoms with E-state index in [-0.39, 0.29) is 49.9 Å². The molecule has 3 N–H and O–H groups in total. The maximum Gasteiger partial charge on any atom is 0.263 e. The summed E-state index contributed by atoms with van der Waals surface area (Å²) in [5, 5.41) is 17.1. The van der Waals surface area contributed by atoms with Gasteiger partial charge in [-0.3, -0.25) is 9.78 Å². The fourth-order valence-corrected chi connectivity index (χ4v) is 3.94. The summed E-state index contributed by atoms with van der Waals surface area (Å²) in [6.07, 6.45) is 0.692. The van der Waals surface area contributed by atoms with E-state index in [1.165, 1.54) is 7.11 Å². The van der Waals surface area contributed by atoms with E-state index < -0.39 is 18.2 Å². The molecule has 1 atom stereocenters. The zero-order chi connectivity index (χ0) is 24.4. The molecule has 0 bridgehead atoms. The lowest BCUT2D eigenvalue weighted by atomic mass is 10.0. The number of nitrogens with zero attached hydrogens (tertiary/aromatic N) is 3. The zero-order valence-corrected chi connectivity index (χ0v) is 18.9. The summed E-state index contributed by atoms with van der Waals surface area (Å²) in [5.74, 6) is 0.334. The van der Waals surface area contributed by atoms with Crippen molar-refractivity contribution in [1.82, 2.24) is 20.3 Å². The fraction of sp³-hybridized carbons (Fsp3) is 0.391. The number of pyridine rings is 1. The minimum atomic E-state index is -1.09. The van der Waals surface area contributed by atoms with E-state index in [1.54, 1.807) is 24.4 Å². The van der Waals surface area contributed by atoms with E-state index in [2.05, 4.69) is 25.6 Å². The third-order valence-electron chi connectivity index (χ3n) is 5.74. The molecule has 0 radical (unpaired) electrons. The number of halogens is 1. The van der Waals surface area contributed by atoms with E-state index in [9.17, 15) is 14.3 Å². The molecule has 1 saturated heterocycles. The predicted octanol–water partition coefficient (Wildman–Crippen LogP) is 0.938. The first kappa shape index (κ1) is 23.3. The van der Waals surface area contributed by atoms with Gasteiger partial charge in [0.25, 0.3) is 11.8 Å². The lowest BCUT2D eigenvalue weighted by molar-refractivity contribution is -0.230. The number of nitrogens with one attached hydrogen (secondary N) is 2. The monoisotopic (exact) mass is 485 g/mol. The second-order valence-corrected chi connectivity index (χ2v) is 8.20. The standard InChI is InChI=1S/C23H24FN5O6/c1-32-14-2-3-18-16(4-14)15(17(24)8-26-18)5-19(30)23-34-9-13(10-35-23)25-6-12-7-27-22-21(28-12)29-20(31)11-33-22/h2-4,7-8,13,19,23,25,30H,5-6,9-11H2,1H3,(H,28,29,31)/t13?,19-,23?/m0/s1. The van der Waals surface area contributed by atoms with Gasteiger partial charge in [0, 0.05) is 23.9 Å². The number of anilines is 1. The van der Waals surface area contributed by atoms with Crippen LogP contribution in [0.1, 0.15) is 11.3 Å². The highest BCUT2D eigenvalue weighted by atomic mass is 19.1. The van der Waals surface area contributed by atoms with Crippen LogP contribution in [0.15, 0.2) is 30.6 Å². The van der Waals surface area contributed by atoms with Gasteiger partial charge in [-0.05, 0) is 18.2 Å². The lowest BCUT2D eigenvalue weighted by Crippen LogP contribution is -2.48. The van der Waals surface area contributed by atoms with Crippen LogP contribution in [0.3, 0.4) is 0 Å². The number of carbonyl (C=O) groups is 1. The highest BCUT2D eigenvalue weighted by Crippen LogP contribution is 2.27. The normalized spacial score (nSPS) is 20.6. The zero-order valence-electron chi connectivity index (χ0n) is 18.9. The number of aliphatic hydroxyl groups excluding tert-OH is 1. The van der Waals surface area contributed by atoms with Gasteiger partial charge in [-0.2, -0.15) is 0 Å². The van der Waals surface area contributed by atoms with Crippen LogP contribution >= 0.6 is 0 Å². The first-order valence-electron chi connectivity index (χ1n) is 11.0. The number of carbonyl (C=O) groups excluding carboxylic acids is 1. The van der Waals surface area contributed by atoms with Gasteiger partial charge >= 0.3 is 0 Å². The van der Waals surface area contributed by atoms with Gasteiger partial charge in [-0.25, -0.2) is 14.4 Å². The number of benzene rings is 1. The van der Waals surface area contributed by atoms with Crippen molar-refractivity contribution < 1.29 is 33.2 Å². The summed E-state index contributed by atoms with van der Waals surface area (Å²) in [6.45, 7) is 0.818. The molecule has 2 aromatic heterocycles. The van der Waals surface area contributed by atoms with Gasteiger partial charge in [-0.15, -0.1) is 0 Å². The molecule has 3 aromatic rings. The minimum Gasteiger partial charge on any atom is -0.497 e. The van der Waals surface area contributed by atoms with Crippen LogP contribution < -0.4 is 20.1 Å². The van der Waals surface area contributed by atoms with Gasteiger partial charge in [-0.1, -0.05) is 0 Å². The highest BCUT2D eigenvalue weighted by molar-refractivity contribution is 5.93. The first-order chi connectivity index (χ1) is 17.0. The van der Waals surface area contributed by atoms with E-state index in [1.807, 2.05) is 0 Å². The molecule has 35 heavy (non-hydrogen) atoms. The third-order valence-corrected chi connectivity index (χ3v) is 5.74. The van der Waals surface area contributed by atoms with Crippen LogP contribution in [-0.2, 0) is 27.2 Å². The molecule has 12 heteroatoms. The summed E-state index contributed by atoms with van der Waals surface area (Å²) in [4.78, 5) is 24.0. The van der Waals surface area contributed by atoms with Crippen molar-refractivity contribution >= 4 is 22.6 Å². The maximum absolute atomic E-state index is 14.6. The number of amides is 1. The molecule has 1 fully saturated rings. The Morgan fingerprint density at radius 2 is 2.11 bits per heavy atom. The molecular weight excluding hydrogens is 461 g/mol. The Hall–Kier alpha value is -3.45. The number of aliphatic hydroxyl groups is 1. The Morgan fingerprint density at radius 3 is 2.91 bits per heavy atom. The molecule has 184 valence electrons. The first-order valence-corrected chi connectivity index (χ1v) is 11.0. The number of methoxy groups -OCH3 is 1. The summed E-state index contributed by atoms with van der Waals surface area (Å²) in [5.41, 5.74) is 1.52. The number of ether oxygens (including phenoxy) is 4. The molecule has 5 rings (SSSR count). The predicted molar refractivity (Wildman–Crippen MR) is 120 cm³/mol. The fourth-order valence-electron chi connectivity index (χ4n) is 3.94. The molecular formula is C23H24FN5O6. The molecule has 0 spiro atoms. The van der Waals surface area contributed by atoms with Gasteiger partial charge in [0.15, 0.2) is 18.7 Å². The van der Waals surface area contributed by atoms with Crippen LogP contribution in [0.4, 0.5) is 10.2 Å². The van der Waals surface area contributed by atoms with E-state index in [4.69, 9.17) is 18.9 Å². The largest absolute Gasteiger partial charge is 0.497 e. The van der Waals surface area contributed by atoms with Crippen molar-refractivity contribution in [3.63, 3.8) is 0 Å². The second-order valence-electron chi connectivity index (χ2n) is 8.20. The molecule has 0 saturated carbocycles. The van der Waals surface area contributed by atoms with Gasteiger partial charge in [0.2, 0.25) is 0 Å². The molecule has 4 heterocycles. The molecule has 0 unspecified atom stereocenters. The van der Waals surface area contributed by atoms with Crippen LogP contribution in [0.5, 0.6) is 11.6 Å². The Kier molecular flexibility index (Phi) is 6.68. The van der Waals surface area contributed by atoms with Crippen LogP contribution in [0.2, 0.25) is 0 Å². The van der Waals surface area contributed by atoms with Crippen LogP contribution in [-0.4, -0.2) is 71.3 Å². The number of hydrogen-bond acceptors (Lipinski definition) is 10. The van der Waals surface area contributed by atoms with Gasteiger partial charge < -0.3 is 34.7 Å². The van der Waals surface area contributed by atoms with Crippen molar-refractivity contribution in [2.45, 2.75) is 31.4 Å². The molecule has 1 aromatic carbocycles. The quantitative estimate of drug-likeness (QED) is 0.443. The lowest BCUT2D eigenvalue weighted by Gasteiger charge is -2.32. The Labute approximate surface area is 199 Å². The maximum atomic E-state index is 14.6. The van der Waals surface area contributed by atoms with E-state index in [0.29, 0.717) is 34.5 Å². The SMILES string of the molecule is COc1ccc2ncc(F)c(C[C@H](O)C3OCC(NCc4cnc5c(n4)NC(=O)CO5)CO3)c2c1.